The molecule has 2 aromatic rings. The fourth-order valence-electron chi connectivity index (χ4n) is 1.46. The van der Waals surface area contributed by atoms with Crippen molar-refractivity contribution in [3.8, 4) is 0 Å². The highest BCUT2D eigenvalue weighted by Crippen LogP contribution is 2.03. The Kier molecular flexibility index (Phi) is 3.76. The second-order valence-corrected chi connectivity index (χ2v) is 6.79. The van der Waals surface area contributed by atoms with Crippen LogP contribution in [0.2, 0.25) is 0 Å². The summed E-state index contributed by atoms with van der Waals surface area (Å²) in [6.07, 6.45) is 0. The first-order valence-corrected chi connectivity index (χ1v) is 7.39. The summed E-state index contributed by atoms with van der Waals surface area (Å²) >= 11 is -0.798. The zero-order chi connectivity index (χ0) is 12.4. The average Bonchev–Trinajstić information content (AvgIpc) is 2.28. The Morgan fingerprint density at radius 2 is 1.18 bits per heavy atom. The van der Waals surface area contributed by atoms with E-state index < -0.39 is 21.2 Å². The van der Waals surface area contributed by atoms with Crippen molar-refractivity contribution in [2.45, 2.75) is 13.8 Å². The second-order valence-electron chi connectivity index (χ2n) is 3.93. The zero-order valence-electron chi connectivity index (χ0n) is 9.60. The minimum atomic E-state index is -0.798. The van der Waals surface area contributed by atoms with Crippen molar-refractivity contribution in [1.82, 2.24) is 0 Å². The molecule has 0 saturated carbocycles. The van der Waals surface area contributed by atoms with Gasteiger partial charge in [-0.2, -0.15) is 0 Å². The van der Waals surface area contributed by atoms with Gasteiger partial charge in [0.2, 0.25) is 7.14 Å². The van der Waals surface area contributed by atoms with Crippen LogP contribution in [0.25, 0.3) is 0 Å². The highest BCUT2D eigenvalue weighted by atomic mass is 127. The lowest BCUT2D eigenvalue weighted by Gasteiger charge is -1.95. The van der Waals surface area contributed by atoms with E-state index in [-0.39, 0.29) is 11.6 Å². The number of hydrogen-bond donors (Lipinski definition) is 0. The molecule has 0 spiro atoms. The maximum Gasteiger partial charge on any atom is 0.364 e. The van der Waals surface area contributed by atoms with Crippen molar-refractivity contribution in [2.24, 2.45) is 0 Å². The zero-order valence-corrected chi connectivity index (χ0v) is 11.8. The van der Waals surface area contributed by atoms with Crippen molar-refractivity contribution in [1.29, 1.82) is 0 Å². The predicted octanol–water partition coefficient (Wildman–Crippen LogP) is 0.710. The van der Waals surface area contributed by atoms with Crippen LogP contribution in [0.1, 0.15) is 11.1 Å². The van der Waals surface area contributed by atoms with Crippen molar-refractivity contribution in [3.05, 3.63) is 66.3 Å². The smallest absolute Gasteiger partial charge is 0.202 e. The highest BCUT2D eigenvalue weighted by molar-refractivity contribution is 5.16. The molecule has 88 valence electrons. The normalized spacial score (nSPS) is 10.6. The molecule has 0 amide bonds. The van der Waals surface area contributed by atoms with Crippen LogP contribution in [-0.2, 0) is 0 Å². The van der Waals surface area contributed by atoms with E-state index in [9.17, 15) is 8.78 Å². The average molecular weight is 345 g/mol. The van der Waals surface area contributed by atoms with Crippen molar-refractivity contribution >= 4 is 0 Å². The van der Waals surface area contributed by atoms with Gasteiger partial charge in [0.1, 0.15) is 0 Å². The van der Waals surface area contributed by atoms with Crippen LogP contribution < -0.4 is 21.2 Å². The van der Waals surface area contributed by atoms with E-state index in [2.05, 4.69) is 0 Å². The third kappa shape index (κ3) is 3.03. The highest BCUT2D eigenvalue weighted by Gasteiger charge is 2.24. The Hall–Kier alpha value is -0.970. The number of aryl methyl sites for hydroxylation is 2. The van der Waals surface area contributed by atoms with E-state index in [0.29, 0.717) is 7.14 Å². The lowest BCUT2D eigenvalue weighted by atomic mass is 10.2. The first kappa shape index (κ1) is 12.5. The summed E-state index contributed by atoms with van der Waals surface area (Å²) in [7, 11) is 0. The van der Waals surface area contributed by atoms with Gasteiger partial charge in [-0.25, -0.2) is 8.78 Å². The molecular weight excluding hydrogens is 333 g/mol. The lowest BCUT2D eigenvalue weighted by Crippen LogP contribution is -3.62. The van der Waals surface area contributed by atoms with Gasteiger partial charge in [-0.15, -0.1) is 0 Å². The third-order valence-electron chi connectivity index (χ3n) is 2.35. The SMILES string of the molecule is Cc1ccc(F)c([I+]c2cc(C)ccc2F)c1. The molecule has 0 saturated heterocycles. The van der Waals surface area contributed by atoms with Crippen LogP contribution in [-0.4, -0.2) is 0 Å². The molecule has 0 N–H and O–H groups in total. The number of benzene rings is 2. The molecular formula is C14H12F2I+. The molecule has 3 heteroatoms. The minimum Gasteiger partial charge on any atom is -0.202 e. The van der Waals surface area contributed by atoms with Crippen molar-refractivity contribution < 1.29 is 30.0 Å². The summed E-state index contributed by atoms with van der Waals surface area (Å²) in [5, 5.41) is 0. The molecule has 0 aromatic heterocycles. The molecule has 0 atom stereocenters. The van der Waals surface area contributed by atoms with Gasteiger partial charge in [-0.1, -0.05) is 12.1 Å². The van der Waals surface area contributed by atoms with E-state index in [1.807, 2.05) is 26.0 Å². The first-order chi connectivity index (χ1) is 8.06. The summed E-state index contributed by atoms with van der Waals surface area (Å²) in [6, 6.07) is 10.00. The molecule has 0 aliphatic carbocycles. The predicted molar refractivity (Wildman–Crippen MR) is 59.7 cm³/mol. The number of halogens is 3. The fourth-order valence-corrected chi connectivity index (χ4v) is 4.25. The number of hydrogen-bond acceptors (Lipinski definition) is 0. The van der Waals surface area contributed by atoms with Crippen LogP contribution in [0.4, 0.5) is 8.78 Å². The summed E-state index contributed by atoms with van der Waals surface area (Å²) < 4.78 is 28.5. The van der Waals surface area contributed by atoms with Gasteiger partial charge < -0.3 is 0 Å². The van der Waals surface area contributed by atoms with Crippen LogP contribution >= 0.6 is 0 Å². The van der Waals surface area contributed by atoms with Gasteiger partial charge in [0, 0.05) is 0 Å². The molecule has 0 nitrogen and oxygen atoms in total. The summed E-state index contributed by atoms with van der Waals surface area (Å²) in [5.41, 5.74) is 2.02. The van der Waals surface area contributed by atoms with Crippen LogP contribution in [0.5, 0.6) is 0 Å². The minimum absolute atomic E-state index is 0.232. The third-order valence-corrected chi connectivity index (χ3v) is 5.17. The Morgan fingerprint density at radius 1 is 0.765 bits per heavy atom. The van der Waals surface area contributed by atoms with Crippen molar-refractivity contribution in [3.63, 3.8) is 0 Å². The summed E-state index contributed by atoms with van der Waals surface area (Å²) in [5.74, 6) is -0.464. The van der Waals surface area contributed by atoms with Gasteiger partial charge >= 0.3 is 21.2 Å². The molecule has 2 aromatic carbocycles. The molecule has 2 rings (SSSR count). The fraction of sp³-hybridized carbons (Fsp3) is 0.143. The monoisotopic (exact) mass is 345 g/mol. The molecule has 0 aliphatic rings. The molecule has 0 heterocycles. The maximum absolute atomic E-state index is 13.6. The van der Waals surface area contributed by atoms with Gasteiger partial charge in [0.25, 0.3) is 0 Å². The Balaban J connectivity index is 2.37. The largest absolute Gasteiger partial charge is 0.364 e. The molecule has 0 aliphatic heterocycles. The van der Waals surface area contributed by atoms with Crippen LogP contribution in [0.15, 0.2) is 36.4 Å². The number of rotatable bonds is 2. The van der Waals surface area contributed by atoms with E-state index in [4.69, 9.17) is 0 Å². The van der Waals surface area contributed by atoms with Crippen molar-refractivity contribution in [2.75, 3.05) is 0 Å². The second kappa shape index (κ2) is 5.12. The Labute approximate surface area is 110 Å². The van der Waals surface area contributed by atoms with Gasteiger partial charge in [-0.05, 0) is 49.2 Å². The Bertz CT molecular complexity index is 500. The first-order valence-electron chi connectivity index (χ1n) is 5.23. The molecule has 0 unspecified atom stereocenters. The molecule has 0 fully saturated rings. The lowest BCUT2D eigenvalue weighted by molar-refractivity contribution is -0.603. The summed E-state index contributed by atoms with van der Waals surface area (Å²) in [4.78, 5) is 0. The van der Waals surface area contributed by atoms with E-state index in [1.54, 1.807) is 12.1 Å². The Morgan fingerprint density at radius 3 is 1.59 bits per heavy atom. The molecule has 0 radical (unpaired) electrons. The maximum atomic E-state index is 13.6. The van der Waals surface area contributed by atoms with Crippen LogP contribution in [0, 0.1) is 32.6 Å². The van der Waals surface area contributed by atoms with E-state index >= 15 is 0 Å². The van der Waals surface area contributed by atoms with E-state index in [1.165, 1.54) is 12.1 Å². The van der Waals surface area contributed by atoms with Gasteiger partial charge in [0.05, 0.1) is 0 Å². The molecule has 0 bridgehead atoms. The van der Waals surface area contributed by atoms with Gasteiger partial charge in [-0.3, -0.25) is 0 Å². The summed E-state index contributed by atoms with van der Waals surface area (Å²) in [6.45, 7) is 3.83. The molecule has 17 heavy (non-hydrogen) atoms. The topological polar surface area (TPSA) is 0 Å². The van der Waals surface area contributed by atoms with E-state index in [0.717, 1.165) is 11.1 Å². The standard InChI is InChI=1S/C14H12F2I/c1-9-3-5-11(15)13(7-9)17-14-8-10(2)4-6-12(14)16/h3-8H,1-2H3/q+1. The van der Waals surface area contributed by atoms with Crippen LogP contribution in [0.3, 0.4) is 0 Å². The van der Waals surface area contributed by atoms with Gasteiger partial charge in [0.15, 0.2) is 11.6 Å². The quantitative estimate of drug-likeness (QED) is 0.704.